The van der Waals surface area contributed by atoms with Crippen molar-refractivity contribution in [3.05, 3.63) is 78.2 Å². The van der Waals surface area contributed by atoms with Crippen molar-refractivity contribution in [1.82, 2.24) is 24.3 Å². The summed E-state index contributed by atoms with van der Waals surface area (Å²) in [5.74, 6) is 0.590. The normalized spacial score (nSPS) is 11.3. The second-order valence-corrected chi connectivity index (χ2v) is 6.26. The molecule has 5 nitrogen and oxygen atoms in total. The van der Waals surface area contributed by atoms with Gasteiger partial charge in [0.25, 0.3) is 0 Å². The summed E-state index contributed by atoms with van der Waals surface area (Å²) >= 11 is 6.28. The predicted molar refractivity (Wildman–Crippen MR) is 102 cm³/mol. The van der Waals surface area contributed by atoms with E-state index >= 15 is 0 Å². The Balaban J connectivity index is 1.64. The van der Waals surface area contributed by atoms with Crippen LogP contribution in [0.15, 0.2) is 73.2 Å². The third kappa shape index (κ3) is 2.41. The molecule has 0 amide bonds. The number of rotatable bonds is 2. The van der Waals surface area contributed by atoms with E-state index in [9.17, 15) is 0 Å². The summed E-state index contributed by atoms with van der Waals surface area (Å²) < 4.78 is 1.90. The molecule has 3 heterocycles. The Morgan fingerprint density at radius 3 is 2.42 bits per heavy atom. The molecule has 5 rings (SSSR count). The summed E-state index contributed by atoms with van der Waals surface area (Å²) in [5.41, 5.74) is 4.97. The van der Waals surface area contributed by atoms with Crippen LogP contribution in [0.4, 0.5) is 0 Å². The van der Waals surface area contributed by atoms with Crippen molar-refractivity contribution in [3.63, 3.8) is 0 Å². The molecule has 0 saturated carbocycles. The number of hydrogen-bond donors (Lipinski definition) is 0. The van der Waals surface area contributed by atoms with Crippen LogP contribution in [0.1, 0.15) is 0 Å². The van der Waals surface area contributed by atoms with Crippen molar-refractivity contribution in [2.45, 2.75) is 0 Å². The molecule has 0 saturated heterocycles. The summed E-state index contributed by atoms with van der Waals surface area (Å²) in [7, 11) is 0. The summed E-state index contributed by atoms with van der Waals surface area (Å²) in [5, 5.41) is 0.663. The first kappa shape index (κ1) is 15.0. The van der Waals surface area contributed by atoms with Crippen LogP contribution in [-0.2, 0) is 0 Å². The van der Waals surface area contributed by atoms with Gasteiger partial charge in [0.1, 0.15) is 5.69 Å². The van der Waals surface area contributed by atoms with Crippen LogP contribution in [0, 0.1) is 0 Å². The highest BCUT2D eigenvalue weighted by molar-refractivity contribution is 6.33. The molecule has 3 aromatic heterocycles. The number of nitrogens with zero attached hydrogens (tertiary/aromatic N) is 5. The minimum Gasteiger partial charge on any atom is -0.282 e. The first-order chi connectivity index (χ1) is 12.8. The van der Waals surface area contributed by atoms with E-state index in [1.54, 1.807) is 12.4 Å². The molecule has 0 bridgehead atoms. The van der Waals surface area contributed by atoms with Gasteiger partial charge in [-0.05, 0) is 24.3 Å². The SMILES string of the molecule is Clc1ccccc1-c1ccn2c(-c3cnc4ccccc4n3)cnc2n1. The van der Waals surface area contributed by atoms with Gasteiger partial charge in [0.05, 0.1) is 34.8 Å². The molecule has 0 atom stereocenters. The Bertz CT molecular complexity index is 1260. The highest BCUT2D eigenvalue weighted by Gasteiger charge is 2.12. The molecule has 0 aliphatic rings. The molecular formula is C20H12ClN5. The summed E-state index contributed by atoms with van der Waals surface area (Å²) in [6, 6.07) is 17.3. The number of para-hydroxylation sites is 2. The van der Waals surface area contributed by atoms with Crippen molar-refractivity contribution in [3.8, 4) is 22.6 Å². The van der Waals surface area contributed by atoms with Crippen molar-refractivity contribution in [1.29, 1.82) is 0 Å². The Hall–Kier alpha value is -3.31. The van der Waals surface area contributed by atoms with Crippen molar-refractivity contribution in [2.75, 3.05) is 0 Å². The summed E-state index contributed by atoms with van der Waals surface area (Å²) in [4.78, 5) is 18.2. The number of imidazole rings is 1. The second-order valence-electron chi connectivity index (χ2n) is 5.85. The largest absolute Gasteiger partial charge is 0.282 e. The Labute approximate surface area is 154 Å². The molecule has 5 aromatic rings. The van der Waals surface area contributed by atoms with Crippen LogP contribution >= 0.6 is 11.6 Å². The third-order valence-electron chi connectivity index (χ3n) is 4.24. The van der Waals surface area contributed by atoms with E-state index in [1.165, 1.54) is 0 Å². The molecule has 0 radical (unpaired) electrons. The molecule has 6 heteroatoms. The van der Waals surface area contributed by atoms with Crippen LogP contribution in [0.5, 0.6) is 0 Å². The highest BCUT2D eigenvalue weighted by Crippen LogP contribution is 2.27. The maximum Gasteiger partial charge on any atom is 0.234 e. The molecule has 0 spiro atoms. The first-order valence-electron chi connectivity index (χ1n) is 8.11. The van der Waals surface area contributed by atoms with Gasteiger partial charge in [-0.1, -0.05) is 41.9 Å². The Morgan fingerprint density at radius 2 is 1.54 bits per heavy atom. The zero-order valence-electron chi connectivity index (χ0n) is 13.5. The fourth-order valence-electron chi connectivity index (χ4n) is 2.96. The van der Waals surface area contributed by atoms with Crippen molar-refractivity contribution >= 4 is 28.4 Å². The smallest absolute Gasteiger partial charge is 0.234 e. The fourth-order valence-corrected chi connectivity index (χ4v) is 3.19. The minimum atomic E-state index is 0.590. The van der Waals surface area contributed by atoms with Gasteiger partial charge < -0.3 is 0 Å². The van der Waals surface area contributed by atoms with Gasteiger partial charge in [-0.3, -0.25) is 9.38 Å². The van der Waals surface area contributed by atoms with Crippen LogP contribution in [0.2, 0.25) is 5.02 Å². The number of halogens is 1. The molecular weight excluding hydrogens is 346 g/mol. The standard InChI is InChI=1S/C20H12ClN5/c21-14-6-2-1-5-13(14)15-9-10-26-19(12-23-20(26)25-15)18-11-22-16-7-3-4-8-17(16)24-18/h1-12H. The van der Waals surface area contributed by atoms with E-state index in [0.717, 1.165) is 33.7 Å². The molecule has 0 aliphatic heterocycles. The maximum absolute atomic E-state index is 6.28. The molecule has 0 unspecified atom stereocenters. The van der Waals surface area contributed by atoms with E-state index in [2.05, 4.69) is 15.0 Å². The molecule has 0 fully saturated rings. The first-order valence-corrected chi connectivity index (χ1v) is 8.48. The van der Waals surface area contributed by atoms with E-state index in [1.807, 2.05) is 65.2 Å². The van der Waals surface area contributed by atoms with Gasteiger partial charge >= 0.3 is 0 Å². The number of aromatic nitrogens is 5. The monoisotopic (exact) mass is 357 g/mol. The summed E-state index contributed by atoms with van der Waals surface area (Å²) in [6.07, 6.45) is 5.45. The van der Waals surface area contributed by atoms with Gasteiger partial charge in [-0.15, -0.1) is 0 Å². The molecule has 124 valence electrons. The van der Waals surface area contributed by atoms with E-state index in [-0.39, 0.29) is 0 Å². The van der Waals surface area contributed by atoms with Gasteiger partial charge in [0.15, 0.2) is 0 Å². The zero-order valence-corrected chi connectivity index (χ0v) is 14.3. The number of fused-ring (bicyclic) bond motifs is 2. The van der Waals surface area contributed by atoms with Crippen molar-refractivity contribution in [2.24, 2.45) is 0 Å². The van der Waals surface area contributed by atoms with Crippen LogP contribution in [0.3, 0.4) is 0 Å². The topological polar surface area (TPSA) is 56.0 Å². The minimum absolute atomic E-state index is 0.590. The van der Waals surface area contributed by atoms with E-state index in [4.69, 9.17) is 16.6 Å². The van der Waals surface area contributed by atoms with E-state index < -0.39 is 0 Å². The molecule has 2 aromatic carbocycles. The number of benzene rings is 2. The average molecular weight is 358 g/mol. The molecule has 0 aliphatic carbocycles. The quantitative estimate of drug-likeness (QED) is 0.461. The summed E-state index contributed by atoms with van der Waals surface area (Å²) in [6.45, 7) is 0. The lowest BCUT2D eigenvalue weighted by Gasteiger charge is -2.05. The lowest BCUT2D eigenvalue weighted by molar-refractivity contribution is 1.10. The zero-order chi connectivity index (χ0) is 17.5. The van der Waals surface area contributed by atoms with Crippen LogP contribution in [0.25, 0.3) is 39.5 Å². The van der Waals surface area contributed by atoms with Crippen LogP contribution in [-0.4, -0.2) is 24.3 Å². The fraction of sp³-hybridized carbons (Fsp3) is 0. The lowest BCUT2D eigenvalue weighted by Crippen LogP contribution is -1.95. The maximum atomic E-state index is 6.28. The molecule has 0 N–H and O–H groups in total. The van der Waals surface area contributed by atoms with Gasteiger partial charge in [0.2, 0.25) is 5.78 Å². The third-order valence-corrected chi connectivity index (χ3v) is 4.57. The average Bonchev–Trinajstić information content (AvgIpc) is 3.11. The molecule has 26 heavy (non-hydrogen) atoms. The second kappa shape index (κ2) is 5.89. The van der Waals surface area contributed by atoms with E-state index in [0.29, 0.717) is 10.8 Å². The van der Waals surface area contributed by atoms with Gasteiger partial charge in [-0.2, -0.15) is 0 Å². The number of hydrogen-bond acceptors (Lipinski definition) is 4. The van der Waals surface area contributed by atoms with Crippen LogP contribution < -0.4 is 0 Å². The highest BCUT2D eigenvalue weighted by atomic mass is 35.5. The van der Waals surface area contributed by atoms with Gasteiger partial charge in [0, 0.05) is 16.8 Å². The Kier molecular flexibility index (Phi) is 3.40. The predicted octanol–water partition coefficient (Wildman–Crippen LogP) is 4.66. The lowest BCUT2D eigenvalue weighted by atomic mass is 10.1. The van der Waals surface area contributed by atoms with Crippen molar-refractivity contribution < 1.29 is 0 Å². The Morgan fingerprint density at radius 1 is 0.731 bits per heavy atom. The van der Waals surface area contributed by atoms with Gasteiger partial charge in [-0.25, -0.2) is 15.0 Å².